The molecule has 6 nitrogen and oxygen atoms in total. The Morgan fingerprint density at radius 1 is 0.806 bits per heavy atom. The zero-order valence-corrected chi connectivity index (χ0v) is 17.0. The van der Waals surface area contributed by atoms with Crippen molar-refractivity contribution >= 4 is 44.0 Å². The Hall–Kier alpha value is -3.97. The van der Waals surface area contributed by atoms with Crippen molar-refractivity contribution in [2.24, 2.45) is 0 Å². The third-order valence-electron chi connectivity index (χ3n) is 5.21. The third kappa shape index (κ3) is 3.06. The maximum Gasteiger partial charge on any atom is 0.273 e. The fourth-order valence-corrected chi connectivity index (χ4v) is 5.34. The Balaban J connectivity index is 1.52. The normalized spacial score (nSPS) is 14.5. The summed E-state index contributed by atoms with van der Waals surface area (Å²) in [7, 11) is -4.11. The molecule has 7 heteroatoms. The number of nitrogens with one attached hydrogen (secondary N) is 1. The summed E-state index contributed by atoms with van der Waals surface area (Å²) in [5, 5.41) is 4.69. The van der Waals surface area contributed by atoms with Crippen LogP contribution in [0.5, 0.6) is 0 Å². The highest BCUT2D eigenvalue weighted by atomic mass is 32.2. The molecule has 1 heterocycles. The Bertz CT molecular complexity index is 1460. The predicted octanol–water partition coefficient (Wildman–Crippen LogP) is 4.44. The lowest BCUT2D eigenvalue weighted by atomic mass is 10.1. The van der Waals surface area contributed by atoms with Crippen molar-refractivity contribution in [3.05, 3.63) is 102 Å². The van der Waals surface area contributed by atoms with Crippen LogP contribution in [0.25, 0.3) is 10.8 Å². The molecule has 0 atom stereocenters. The van der Waals surface area contributed by atoms with Gasteiger partial charge in [-0.1, -0.05) is 54.6 Å². The molecule has 1 aliphatic heterocycles. The Morgan fingerprint density at radius 3 is 2.32 bits per heavy atom. The first-order valence-electron chi connectivity index (χ1n) is 9.55. The molecule has 152 valence electrons. The molecule has 0 saturated heterocycles. The first kappa shape index (κ1) is 19.0. The van der Waals surface area contributed by atoms with Crippen LogP contribution < -0.4 is 9.62 Å². The Kier molecular flexibility index (Phi) is 4.34. The van der Waals surface area contributed by atoms with Crippen LogP contribution in [-0.2, 0) is 10.0 Å². The first-order chi connectivity index (χ1) is 15.0. The van der Waals surface area contributed by atoms with Crippen molar-refractivity contribution in [1.82, 2.24) is 0 Å². The molecule has 0 saturated carbocycles. The molecule has 0 unspecified atom stereocenters. The lowest BCUT2D eigenvalue weighted by molar-refractivity contribution is 0.100. The Morgan fingerprint density at radius 2 is 1.52 bits per heavy atom. The number of benzene rings is 4. The smallest absolute Gasteiger partial charge is 0.273 e. The van der Waals surface area contributed by atoms with E-state index in [1.54, 1.807) is 36.4 Å². The maximum atomic E-state index is 13.1. The average molecular weight is 428 g/mol. The molecule has 0 aliphatic carbocycles. The number of rotatable bonds is 3. The van der Waals surface area contributed by atoms with Gasteiger partial charge in [0, 0.05) is 16.6 Å². The summed E-state index contributed by atoms with van der Waals surface area (Å²) in [4.78, 5) is 25.5. The van der Waals surface area contributed by atoms with Crippen LogP contribution in [0.3, 0.4) is 0 Å². The highest BCUT2D eigenvalue weighted by Gasteiger charge is 2.42. The van der Waals surface area contributed by atoms with Crippen LogP contribution in [0.2, 0.25) is 0 Å². The highest BCUT2D eigenvalue weighted by molar-refractivity contribution is 7.94. The van der Waals surface area contributed by atoms with E-state index in [2.05, 4.69) is 5.32 Å². The molecule has 4 aromatic carbocycles. The standard InChI is InChI=1S/C24H16N2O4S/c27-23(25-21-12-6-8-16-7-4-5-11-19(16)21)17-13-14-20-22(15-17)31(29,30)26(24(20)28)18-9-2-1-3-10-18/h1-15H,(H,25,27). The van der Waals surface area contributed by atoms with E-state index < -0.39 is 21.8 Å². The van der Waals surface area contributed by atoms with Gasteiger partial charge in [0.25, 0.3) is 21.8 Å². The van der Waals surface area contributed by atoms with Crippen molar-refractivity contribution in [1.29, 1.82) is 0 Å². The SMILES string of the molecule is O=C(Nc1cccc2ccccc12)c1ccc2c(c1)S(=O)(=O)N(c1ccccc1)C2=O. The van der Waals surface area contributed by atoms with Crippen LogP contribution in [-0.4, -0.2) is 20.2 Å². The zero-order chi connectivity index (χ0) is 21.6. The number of carbonyl (C=O) groups is 2. The lowest BCUT2D eigenvalue weighted by Gasteiger charge is -2.14. The van der Waals surface area contributed by atoms with Crippen molar-refractivity contribution in [3.8, 4) is 0 Å². The van der Waals surface area contributed by atoms with Gasteiger partial charge < -0.3 is 5.32 Å². The number of anilines is 2. The minimum Gasteiger partial charge on any atom is -0.321 e. The molecule has 2 amide bonds. The van der Waals surface area contributed by atoms with Crippen molar-refractivity contribution in [3.63, 3.8) is 0 Å². The van der Waals surface area contributed by atoms with Gasteiger partial charge in [0.15, 0.2) is 0 Å². The Labute approximate surface area is 178 Å². The molecule has 0 radical (unpaired) electrons. The van der Waals surface area contributed by atoms with Gasteiger partial charge in [0.05, 0.1) is 11.3 Å². The van der Waals surface area contributed by atoms with E-state index >= 15 is 0 Å². The number of amides is 2. The summed E-state index contributed by atoms with van der Waals surface area (Å²) in [6.07, 6.45) is 0. The second kappa shape index (κ2) is 7.07. The lowest BCUT2D eigenvalue weighted by Crippen LogP contribution is -2.29. The van der Waals surface area contributed by atoms with E-state index in [1.807, 2.05) is 36.4 Å². The van der Waals surface area contributed by atoms with Gasteiger partial charge in [-0.15, -0.1) is 0 Å². The van der Waals surface area contributed by atoms with Gasteiger partial charge in [-0.3, -0.25) is 9.59 Å². The monoisotopic (exact) mass is 428 g/mol. The number of hydrogen-bond donors (Lipinski definition) is 1. The molecule has 5 rings (SSSR count). The van der Waals surface area contributed by atoms with E-state index in [0.717, 1.165) is 15.1 Å². The number of nitrogens with zero attached hydrogens (tertiary/aromatic N) is 1. The minimum absolute atomic E-state index is 0.0468. The second-order valence-corrected chi connectivity index (χ2v) is 8.86. The first-order valence-corrected chi connectivity index (χ1v) is 11.0. The minimum atomic E-state index is -4.11. The molecule has 0 fully saturated rings. The quantitative estimate of drug-likeness (QED) is 0.523. The van der Waals surface area contributed by atoms with Gasteiger partial charge in [0.1, 0.15) is 4.90 Å². The van der Waals surface area contributed by atoms with Crippen LogP contribution >= 0.6 is 0 Å². The predicted molar refractivity (Wildman–Crippen MR) is 119 cm³/mol. The largest absolute Gasteiger partial charge is 0.321 e. The molecule has 1 aliphatic rings. The number of fused-ring (bicyclic) bond motifs is 2. The van der Waals surface area contributed by atoms with Gasteiger partial charge >= 0.3 is 0 Å². The van der Waals surface area contributed by atoms with Crippen LogP contribution in [0.4, 0.5) is 11.4 Å². The fraction of sp³-hybridized carbons (Fsp3) is 0. The molecule has 0 bridgehead atoms. The van der Waals surface area contributed by atoms with Gasteiger partial charge in [-0.05, 0) is 41.8 Å². The topological polar surface area (TPSA) is 83.6 Å². The molecule has 1 N–H and O–H groups in total. The average Bonchev–Trinajstić information content (AvgIpc) is 2.99. The summed E-state index contributed by atoms with van der Waals surface area (Å²) < 4.78 is 26.9. The summed E-state index contributed by atoms with van der Waals surface area (Å²) in [6, 6.07) is 25.4. The fourth-order valence-electron chi connectivity index (χ4n) is 3.72. The molecular formula is C24H16N2O4S. The summed E-state index contributed by atoms with van der Waals surface area (Å²) in [5.41, 5.74) is 1.07. The number of para-hydroxylation sites is 1. The molecule has 0 spiro atoms. The van der Waals surface area contributed by atoms with E-state index in [1.165, 1.54) is 18.2 Å². The van der Waals surface area contributed by atoms with Crippen LogP contribution in [0.15, 0.2) is 95.9 Å². The van der Waals surface area contributed by atoms with Crippen molar-refractivity contribution in [2.45, 2.75) is 4.90 Å². The summed E-state index contributed by atoms with van der Waals surface area (Å²) in [6.45, 7) is 0. The summed E-state index contributed by atoms with van der Waals surface area (Å²) >= 11 is 0. The number of hydrogen-bond acceptors (Lipinski definition) is 4. The van der Waals surface area contributed by atoms with E-state index in [4.69, 9.17) is 0 Å². The molecule has 0 aromatic heterocycles. The zero-order valence-electron chi connectivity index (χ0n) is 16.1. The molecular weight excluding hydrogens is 412 g/mol. The molecule has 31 heavy (non-hydrogen) atoms. The number of sulfonamides is 1. The third-order valence-corrected chi connectivity index (χ3v) is 6.96. The van der Waals surface area contributed by atoms with Gasteiger partial charge in [0.2, 0.25) is 0 Å². The van der Waals surface area contributed by atoms with Crippen LogP contribution in [0, 0.1) is 0 Å². The van der Waals surface area contributed by atoms with Gasteiger partial charge in [-0.2, -0.15) is 4.31 Å². The second-order valence-electron chi connectivity index (χ2n) is 7.10. The summed E-state index contributed by atoms with van der Waals surface area (Å²) in [5.74, 6) is -1.10. The van der Waals surface area contributed by atoms with E-state index in [9.17, 15) is 18.0 Å². The number of carbonyl (C=O) groups excluding carboxylic acids is 2. The van der Waals surface area contributed by atoms with Crippen LogP contribution in [0.1, 0.15) is 20.7 Å². The van der Waals surface area contributed by atoms with E-state index in [0.29, 0.717) is 5.69 Å². The maximum absolute atomic E-state index is 13.1. The highest BCUT2D eigenvalue weighted by Crippen LogP contribution is 2.35. The van der Waals surface area contributed by atoms with Gasteiger partial charge in [-0.25, -0.2) is 8.42 Å². The van der Waals surface area contributed by atoms with Crippen molar-refractivity contribution < 1.29 is 18.0 Å². The van der Waals surface area contributed by atoms with Crippen molar-refractivity contribution in [2.75, 3.05) is 9.62 Å². The van der Waals surface area contributed by atoms with E-state index in [-0.39, 0.29) is 21.7 Å². The molecule has 4 aromatic rings.